The lowest BCUT2D eigenvalue weighted by molar-refractivity contribution is 0.0157. The fraction of sp³-hybridized carbons (Fsp3) is 0.412. The Morgan fingerprint density at radius 2 is 2.18 bits per heavy atom. The first-order chi connectivity index (χ1) is 10.6. The molecule has 1 amide bonds. The molecule has 0 radical (unpaired) electrons. The Morgan fingerprint density at radius 3 is 2.86 bits per heavy atom. The molecule has 116 valence electrons. The number of carbonyl (C=O) groups is 1. The van der Waals surface area contributed by atoms with Crippen molar-refractivity contribution in [3.05, 3.63) is 48.5 Å². The van der Waals surface area contributed by atoms with E-state index in [1.807, 2.05) is 29.0 Å². The van der Waals surface area contributed by atoms with Crippen molar-refractivity contribution in [2.75, 3.05) is 13.6 Å². The summed E-state index contributed by atoms with van der Waals surface area (Å²) in [7, 11) is 1.75. The van der Waals surface area contributed by atoms with Gasteiger partial charge in [-0.05, 0) is 31.0 Å². The van der Waals surface area contributed by atoms with Gasteiger partial charge in [0, 0.05) is 37.2 Å². The van der Waals surface area contributed by atoms with E-state index in [2.05, 4.69) is 4.98 Å². The quantitative estimate of drug-likeness (QED) is 0.942. The Balaban J connectivity index is 1.75. The molecule has 1 heterocycles. The topological polar surface area (TPSA) is 58.4 Å². The van der Waals surface area contributed by atoms with Gasteiger partial charge < -0.3 is 14.6 Å². The highest BCUT2D eigenvalue weighted by Crippen LogP contribution is 2.30. The SMILES string of the molecule is CN(CC1(O)CCCC1)C(=O)c1cccc(-n2ccnc2)c1. The van der Waals surface area contributed by atoms with Gasteiger partial charge in [0.15, 0.2) is 0 Å². The van der Waals surface area contributed by atoms with Crippen LogP contribution in [0.15, 0.2) is 43.0 Å². The van der Waals surface area contributed by atoms with Crippen molar-refractivity contribution in [1.82, 2.24) is 14.5 Å². The van der Waals surface area contributed by atoms with Gasteiger partial charge in [0.1, 0.15) is 0 Å². The predicted octanol–water partition coefficient (Wildman–Crippen LogP) is 2.25. The van der Waals surface area contributed by atoms with Gasteiger partial charge in [-0.2, -0.15) is 0 Å². The summed E-state index contributed by atoms with van der Waals surface area (Å²) in [6, 6.07) is 7.45. The summed E-state index contributed by atoms with van der Waals surface area (Å²) in [6.07, 6.45) is 8.88. The summed E-state index contributed by atoms with van der Waals surface area (Å²) in [6.45, 7) is 0.390. The Hall–Kier alpha value is -2.14. The standard InChI is InChI=1S/C17H21N3O2/c1-19(12-17(22)7-2-3-8-17)16(21)14-5-4-6-15(11-14)20-10-9-18-13-20/h4-6,9-11,13,22H,2-3,7-8,12H2,1H3. The van der Waals surface area contributed by atoms with Crippen molar-refractivity contribution in [3.8, 4) is 5.69 Å². The molecule has 0 aliphatic heterocycles. The molecular weight excluding hydrogens is 278 g/mol. The van der Waals surface area contributed by atoms with E-state index in [1.165, 1.54) is 0 Å². The summed E-state index contributed by atoms with van der Waals surface area (Å²) in [5.74, 6) is -0.0673. The van der Waals surface area contributed by atoms with Gasteiger partial charge in [-0.3, -0.25) is 4.79 Å². The number of hydrogen-bond donors (Lipinski definition) is 1. The lowest BCUT2D eigenvalue weighted by atomic mass is 10.0. The van der Waals surface area contributed by atoms with E-state index in [9.17, 15) is 9.90 Å². The highest BCUT2D eigenvalue weighted by molar-refractivity contribution is 5.94. The van der Waals surface area contributed by atoms with Crippen LogP contribution in [0, 0.1) is 0 Å². The van der Waals surface area contributed by atoms with Crippen LogP contribution in [0.4, 0.5) is 0 Å². The third kappa shape index (κ3) is 3.04. The van der Waals surface area contributed by atoms with E-state index >= 15 is 0 Å². The molecule has 0 atom stereocenters. The van der Waals surface area contributed by atoms with Crippen LogP contribution >= 0.6 is 0 Å². The number of rotatable bonds is 4. The summed E-state index contributed by atoms with van der Waals surface area (Å²) in [5.41, 5.74) is 0.804. The second kappa shape index (κ2) is 5.93. The molecule has 1 fully saturated rings. The normalized spacial score (nSPS) is 16.6. The van der Waals surface area contributed by atoms with E-state index in [0.29, 0.717) is 12.1 Å². The molecule has 1 aromatic carbocycles. The summed E-state index contributed by atoms with van der Waals surface area (Å²) in [5, 5.41) is 10.5. The Bertz CT molecular complexity index is 646. The smallest absolute Gasteiger partial charge is 0.253 e. The lowest BCUT2D eigenvalue weighted by Crippen LogP contribution is -2.42. The van der Waals surface area contributed by atoms with E-state index in [0.717, 1.165) is 31.4 Å². The molecule has 5 nitrogen and oxygen atoms in total. The molecule has 0 spiro atoms. The highest BCUT2D eigenvalue weighted by atomic mass is 16.3. The molecule has 1 N–H and O–H groups in total. The fourth-order valence-corrected chi connectivity index (χ4v) is 3.14. The number of carbonyl (C=O) groups excluding carboxylic acids is 1. The number of aromatic nitrogens is 2. The van der Waals surface area contributed by atoms with Gasteiger partial charge in [0.25, 0.3) is 5.91 Å². The zero-order valence-corrected chi connectivity index (χ0v) is 12.8. The average Bonchev–Trinajstić information content (AvgIpc) is 3.18. The molecule has 0 saturated heterocycles. The van der Waals surface area contributed by atoms with Crippen molar-refractivity contribution in [3.63, 3.8) is 0 Å². The minimum atomic E-state index is -0.716. The van der Waals surface area contributed by atoms with Crippen LogP contribution in [0.3, 0.4) is 0 Å². The average molecular weight is 299 g/mol. The van der Waals surface area contributed by atoms with Crippen LogP contribution in [-0.2, 0) is 0 Å². The summed E-state index contributed by atoms with van der Waals surface area (Å²) in [4.78, 5) is 18.2. The van der Waals surface area contributed by atoms with E-state index in [-0.39, 0.29) is 5.91 Å². The van der Waals surface area contributed by atoms with Gasteiger partial charge >= 0.3 is 0 Å². The molecule has 22 heavy (non-hydrogen) atoms. The molecule has 0 unspecified atom stereocenters. The molecule has 1 saturated carbocycles. The molecule has 3 rings (SSSR count). The molecule has 1 aliphatic carbocycles. The van der Waals surface area contributed by atoms with E-state index < -0.39 is 5.60 Å². The van der Waals surface area contributed by atoms with Crippen LogP contribution < -0.4 is 0 Å². The second-order valence-electron chi connectivity index (χ2n) is 6.11. The number of imidazole rings is 1. The van der Waals surface area contributed by atoms with Gasteiger partial charge in [-0.15, -0.1) is 0 Å². The van der Waals surface area contributed by atoms with Crippen LogP contribution in [-0.4, -0.2) is 44.7 Å². The number of aliphatic hydroxyl groups is 1. The summed E-state index contributed by atoms with van der Waals surface area (Å²) >= 11 is 0. The Labute approximate surface area is 130 Å². The number of likely N-dealkylation sites (N-methyl/N-ethyl adjacent to an activating group) is 1. The second-order valence-corrected chi connectivity index (χ2v) is 6.11. The molecule has 5 heteroatoms. The van der Waals surface area contributed by atoms with Crippen LogP contribution in [0.1, 0.15) is 36.0 Å². The van der Waals surface area contributed by atoms with Gasteiger partial charge in [0.05, 0.1) is 11.9 Å². The molecule has 1 aromatic heterocycles. The zero-order valence-electron chi connectivity index (χ0n) is 12.8. The van der Waals surface area contributed by atoms with Gasteiger partial charge in [-0.1, -0.05) is 18.9 Å². The predicted molar refractivity (Wildman–Crippen MR) is 83.9 cm³/mol. The molecule has 0 bridgehead atoms. The number of benzene rings is 1. The number of amides is 1. The Kier molecular flexibility index (Phi) is 3.98. The van der Waals surface area contributed by atoms with Gasteiger partial charge in [0.2, 0.25) is 0 Å². The van der Waals surface area contributed by atoms with Crippen LogP contribution in [0.25, 0.3) is 5.69 Å². The largest absolute Gasteiger partial charge is 0.388 e. The minimum absolute atomic E-state index is 0.0673. The lowest BCUT2D eigenvalue weighted by Gasteiger charge is -2.28. The maximum Gasteiger partial charge on any atom is 0.253 e. The first-order valence-corrected chi connectivity index (χ1v) is 7.64. The highest BCUT2D eigenvalue weighted by Gasteiger charge is 2.33. The first kappa shape index (κ1) is 14.8. The maximum atomic E-state index is 12.6. The van der Waals surface area contributed by atoms with E-state index in [4.69, 9.17) is 0 Å². The minimum Gasteiger partial charge on any atom is -0.388 e. The fourth-order valence-electron chi connectivity index (χ4n) is 3.14. The van der Waals surface area contributed by atoms with Crippen molar-refractivity contribution >= 4 is 5.91 Å². The molecule has 2 aromatic rings. The third-order valence-corrected chi connectivity index (χ3v) is 4.31. The van der Waals surface area contributed by atoms with Crippen LogP contribution in [0.5, 0.6) is 0 Å². The monoisotopic (exact) mass is 299 g/mol. The third-order valence-electron chi connectivity index (χ3n) is 4.31. The number of nitrogens with zero attached hydrogens (tertiary/aromatic N) is 3. The van der Waals surface area contributed by atoms with Crippen molar-refractivity contribution < 1.29 is 9.90 Å². The first-order valence-electron chi connectivity index (χ1n) is 7.64. The van der Waals surface area contributed by atoms with Crippen LogP contribution in [0.2, 0.25) is 0 Å². The maximum absolute atomic E-state index is 12.6. The zero-order chi connectivity index (χ0) is 15.6. The van der Waals surface area contributed by atoms with Crippen molar-refractivity contribution in [2.45, 2.75) is 31.3 Å². The Morgan fingerprint density at radius 1 is 1.41 bits per heavy atom. The van der Waals surface area contributed by atoms with Gasteiger partial charge in [-0.25, -0.2) is 4.98 Å². The summed E-state index contributed by atoms with van der Waals surface area (Å²) < 4.78 is 1.86. The van der Waals surface area contributed by atoms with Crippen molar-refractivity contribution in [1.29, 1.82) is 0 Å². The molecular formula is C17H21N3O2. The van der Waals surface area contributed by atoms with Crippen molar-refractivity contribution in [2.24, 2.45) is 0 Å². The number of hydrogen-bond acceptors (Lipinski definition) is 3. The van der Waals surface area contributed by atoms with E-state index in [1.54, 1.807) is 30.5 Å². The molecule has 1 aliphatic rings.